The minimum Gasteiger partial charge on any atom is -0.320 e. The number of hydrogen-bond acceptors (Lipinski definition) is 6. The lowest BCUT2D eigenvalue weighted by Crippen LogP contribution is -2.36. The topological polar surface area (TPSA) is 140 Å². The van der Waals surface area contributed by atoms with Crippen molar-refractivity contribution in [2.45, 2.75) is 25.3 Å². The zero-order valence-electron chi connectivity index (χ0n) is 13.5. The van der Waals surface area contributed by atoms with E-state index < -0.39 is 16.3 Å². The van der Waals surface area contributed by atoms with Crippen LogP contribution in [0.5, 0.6) is 0 Å². The molecule has 0 aliphatic rings. The van der Waals surface area contributed by atoms with Gasteiger partial charge in [0, 0.05) is 17.5 Å². The van der Waals surface area contributed by atoms with Crippen molar-refractivity contribution in [3.8, 4) is 11.3 Å². The number of benzene rings is 1. The molecule has 2 rings (SSSR count). The van der Waals surface area contributed by atoms with Crippen molar-refractivity contribution < 1.29 is 13.2 Å². The van der Waals surface area contributed by atoms with Gasteiger partial charge < -0.3 is 11.1 Å². The first-order chi connectivity index (χ1) is 11.8. The lowest BCUT2D eigenvalue weighted by molar-refractivity contribution is -0.117. The molecule has 2 aromatic rings. The molecule has 0 saturated heterocycles. The standard InChI is InChI=1S/C15H21N5O3S2/c16-12(8-4-5-9-18-25(17,22)23)14(21)20-15-19-13(10-24-15)11-6-2-1-3-7-11/h1-3,6-7,10,12,18H,4-5,8-9,16H2,(H2,17,22,23)(H,19,20,21)/t12-/m0/s1. The van der Waals surface area contributed by atoms with Crippen LogP contribution in [0.4, 0.5) is 5.13 Å². The molecule has 0 bridgehead atoms. The summed E-state index contributed by atoms with van der Waals surface area (Å²) in [5.41, 5.74) is 7.63. The Morgan fingerprint density at radius 1 is 1.24 bits per heavy atom. The molecule has 0 radical (unpaired) electrons. The second-order valence-electron chi connectivity index (χ2n) is 5.43. The third kappa shape index (κ3) is 6.88. The lowest BCUT2D eigenvalue weighted by atomic mass is 10.1. The van der Waals surface area contributed by atoms with Crippen LogP contribution in [-0.2, 0) is 15.0 Å². The lowest BCUT2D eigenvalue weighted by Gasteiger charge is -2.10. The molecule has 0 saturated carbocycles. The van der Waals surface area contributed by atoms with E-state index in [1.54, 1.807) is 0 Å². The first kappa shape index (κ1) is 19.5. The van der Waals surface area contributed by atoms with Crippen LogP contribution in [0.1, 0.15) is 19.3 Å². The zero-order valence-corrected chi connectivity index (χ0v) is 15.1. The zero-order chi connectivity index (χ0) is 18.3. The van der Waals surface area contributed by atoms with Gasteiger partial charge in [0.2, 0.25) is 5.91 Å². The highest BCUT2D eigenvalue weighted by atomic mass is 32.2. The van der Waals surface area contributed by atoms with E-state index in [0.717, 1.165) is 11.3 Å². The van der Waals surface area contributed by atoms with Crippen molar-refractivity contribution in [1.82, 2.24) is 9.71 Å². The fourth-order valence-electron chi connectivity index (χ4n) is 2.11. The summed E-state index contributed by atoms with van der Waals surface area (Å²) in [4.78, 5) is 16.5. The summed E-state index contributed by atoms with van der Waals surface area (Å²) in [7, 11) is -3.67. The Kier molecular flexibility index (Phi) is 7.02. The summed E-state index contributed by atoms with van der Waals surface area (Å²) in [5.74, 6) is -0.312. The summed E-state index contributed by atoms with van der Waals surface area (Å²) >= 11 is 1.34. The van der Waals surface area contributed by atoms with Crippen LogP contribution in [0, 0.1) is 0 Å². The van der Waals surface area contributed by atoms with Crippen molar-refractivity contribution in [2.24, 2.45) is 10.9 Å². The van der Waals surface area contributed by atoms with Gasteiger partial charge in [0.25, 0.3) is 10.2 Å². The van der Waals surface area contributed by atoms with Gasteiger partial charge in [-0.3, -0.25) is 4.79 Å². The molecule has 8 nitrogen and oxygen atoms in total. The monoisotopic (exact) mass is 383 g/mol. The normalized spacial score (nSPS) is 12.7. The van der Waals surface area contributed by atoms with Gasteiger partial charge in [0.15, 0.2) is 5.13 Å². The number of amides is 1. The number of thiazole rings is 1. The quantitative estimate of drug-likeness (QED) is 0.479. The van der Waals surface area contributed by atoms with E-state index in [4.69, 9.17) is 10.9 Å². The number of nitrogens with one attached hydrogen (secondary N) is 2. The maximum absolute atomic E-state index is 12.1. The maximum Gasteiger partial charge on any atom is 0.274 e. The Bertz CT molecular complexity index is 793. The molecule has 1 heterocycles. The highest BCUT2D eigenvalue weighted by molar-refractivity contribution is 7.87. The van der Waals surface area contributed by atoms with Crippen LogP contribution in [-0.4, -0.2) is 31.9 Å². The number of nitrogens with two attached hydrogens (primary N) is 2. The second kappa shape index (κ2) is 9.02. The number of unbranched alkanes of at least 4 members (excludes halogenated alkanes) is 1. The van der Waals surface area contributed by atoms with Crippen LogP contribution in [0.3, 0.4) is 0 Å². The summed E-state index contributed by atoms with van der Waals surface area (Å²) in [6.07, 6.45) is 1.59. The first-order valence-electron chi connectivity index (χ1n) is 7.70. The van der Waals surface area contributed by atoms with Gasteiger partial charge in [0.05, 0.1) is 11.7 Å². The molecule has 1 aromatic carbocycles. The summed E-state index contributed by atoms with van der Waals surface area (Å²) in [5, 5.41) is 9.90. The van der Waals surface area contributed by atoms with Crippen molar-refractivity contribution in [2.75, 3.05) is 11.9 Å². The molecule has 0 aliphatic heterocycles. The predicted molar refractivity (Wildman–Crippen MR) is 99.1 cm³/mol. The molecule has 10 heteroatoms. The summed E-state index contributed by atoms with van der Waals surface area (Å²) in [6, 6.07) is 8.99. The van der Waals surface area contributed by atoms with E-state index in [1.807, 2.05) is 35.7 Å². The Hall–Kier alpha value is -1.85. The minimum absolute atomic E-state index is 0.222. The molecule has 6 N–H and O–H groups in total. The summed E-state index contributed by atoms with van der Waals surface area (Å²) in [6.45, 7) is 0.222. The number of hydrogen-bond donors (Lipinski definition) is 4. The van der Waals surface area contributed by atoms with Gasteiger partial charge in [-0.15, -0.1) is 11.3 Å². The van der Waals surface area contributed by atoms with E-state index in [2.05, 4.69) is 15.0 Å². The number of carbonyl (C=O) groups is 1. The fourth-order valence-corrected chi connectivity index (χ4v) is 3.26. The van der Waals surface area contributed by atoms with E-state index in [1.165, 1.54) is 11.3 Å². The molecule has 25 heavy (non-hydrogen) atoms. The second-order valence-corrected chi connectivity index (χ2v) is 7.67. The Balaban J connectivity index is 1.77. The number of nitrogens with zero attached hydrogens (tertiary/aromatic N) is 1. The van der Waals surface area contributed by atoms with Crippen molar-refractivity contribution in [3.63, 3.8) is 0 Å². The maximum atomic E-state index is 12.1. The Labute approximate surface area is 150 Å². The number of rotatable bonds is 9. The molecule has 136 valence electrons. The van der Waals surface area contributed by atoms with Crippen LogP contribution in [0.25, 0.3) is 11.3 Å². The van der Waals surface area contributed by atoms with E-state index in [-0.39, 0.29) is 12.5 Å². The van der Waals surface area contributed by atoms with Crippen LogP contribution >= 0.6 is 11.3 Å². The Morgan fingerprint density at radius 3 is 2.64 bits per heavy atom. The fraction of sp³-hybridized carbons (Fsp3) is 0.333. The average Bonchev–Trinajstić information content (AvgIpc) is 3.02. The van der Waals surface area contributed by atoms with E-state index in [0.29, 0.717) is 24.4 Å². The van der Waals surface area contributed by atoms with Gasteiger partial charge in [0.1, 0.15) is 0 Å². The number of anilines is 1. The van der Waals surface area contributed by atoms with Crippen molar-refractivity contribution in [1.29, 1.82) is 0 Å². The van der Waals surface area contributed by atoms with Crippen LogP contribution in [0.15, 0.2) is 35.7 Å². The SMILES string of the molecule is N[C@@H](CCCCNS(N)(=O)=O)C(=O)Nc1nc(-c2ccccc2)cs1. The molecule has 1 aromatic heterocycles. The third-order valence-electron chi connectivity index (χ3n) is 3.39. The molecule has 0 aliphatic carbocycles. The van der Waals surface area contributed by atoms with Crippen LogP contribution < -0.4 is 20.9 Å². The summed E-state index contributed by atoms with van der Waals surface area (Å²) < 4.78 is 23.6. The molecular weight excluding hydrogens is 362 g/mol. The van der Waals surface area contributed by atoms with Crippen molar-refractivity contribution >= 4 is 32.6 Å². The number of aromatic nitrogens is 1. The average molecular weight is 383 g/mol. The molecule has 0 fully saturated rings. The first-order valence-corrected chi connectivity index (χ1v) is 10.1. The largest absolute Gasteiger partial charge is 0.320 e. The molecule has 0 unspecified atom stereocenters. The molecule has 0 spiro atoms. The smallest absolute Gasteiger partial charge is 0.274 e. The highest BCUT2D eigenvalue weighted by Gasteiger charge is 2.15. The van der Waals surface area contributed by atoms with Crippen molar-refractivity contribution in [3.05, 3.63) is 35.7 Å². The number of carbonyl (C=O) groups excluding carboxylic acids is 1. The Morgan fingerprint density at radius 2 is 1.96 bits per heavy atom. The van der Waals surface area contributed by atoms with Gasteiger partial charge >= 0.3 is 0 Å². The highest BCUT2D eigenvalue weighted by Crippen LogP contribution is 2.24. The minimum atomic E-state index is -3.67. The molecule has 1 amide bonds. The van der Waals surface area contributed by atoms with E-state index >= 15 is 0 Å². The van der Waals surface area contributed by atoms with Gasteiger partial charge in [-0.2, -0.15) is 8.42 Å². The van der Waals surface area contributed by atoms with Gasteiger partial charge in [-0.05, 0) is 12.8 Å². The third-order valence-corrected chi connectivity index (χ3v) is 4.75. The van der Waals surface area contributed by atoms with Gasteiger partial charge in [-0.25, -0.2) is 14.8 Å². The predicted octanol–water partition coefficient (Wildman–Crippen LogP) is 1.04. The molecular formula is C15H21N5O3S2. The molecule has 1 atom stereocenters. The van der Waals surface area contributed by atoms with Gasteiger partial charge in [-0.1, -0.05) is 36.8 Å². The van der Waals surface area contributed by atoms with E-state index in [9.17, 15) is 13.2 Å². The van der Waals surface area contributed by atoms with Crippen LogP contribution in [0.2, 0.25) is 0 Å².